The van der Waals surface area contributed by atoms with Gasteiger partial charge in [-0.05, 0) is 18.6 Å². The van der Waals surface area contributed by atoms with E-state index in [0.29, 0.717) is 5.82 Å². The molecule has 0 saturated carbocycles. The summed E-state index contributed by atoms with van der Waals surface area (Å²) < 4.78 is 5.16. The van der Waals surface area contributed by atoms with Gasteiger partial charge in [-0.3, -0.25) is 0 Å². The minimum absolute atomic E-state index is 0.202. The van der Waals surface area contributed by atoms with Gasteiger partial charge in [-0.2, -0.15) is 4.98 Å². The zero-order chi connectivity index (χ0) is 13.9. The molecule has 1 unspecified atom stereocenters. The molecule has 1 atom stereocenters. The number of benzene rings is 2. The number of aliphatic hydroxyl groups excluding tert-OH is 1. The maximum atomic E-state index is 10.2. The van der Waals surface area contributed by atoms with Gasteiger partial charge in [0.25, 0.3) is 5.89 Å². The Hall–Kier alpha value is -2.46. The van der Waals surface area contributed by atoms with Gasteiger partial charge >= 0.3 is 0 Å². The molecule has 1 aromatic heterocycles. The van der Waals surface area contributed by atoms with E-state index in [1.807, 2.05) is 61.5 Å². The maximum absolute atomic E-state index is 10.2. The number of aliphatic hydroxyl groups is 1. The van der Waals surface area contributed by atoms with Crippen LogP contribution in [0.15, 0.2) is 59.1 Å². The topological polar surface area (TPSA) is 59.2 Å². The van der Waals surface area contributed by atoms with Crippen molar-refractivity contribution in [1.29, 1.82) is 0 Å². The summed E-state index contributed by atoms with van der Waals surface area (Å²) in [4.78, 5) is 4.27. The molecule has 0 fully saturated rings. The molecule has 2 aromatic carbocycles. The lowest BCUT2D eigenvalue weighted by atomic mass is 10.1. The Morgan fingerprint density at radius 3 is 2.60 bits per heavy atom. The van der Waals surface area contributed by atoms with Gasteiger partial charge in [0.05, 0.1) is 0 Å². The second-order valence-corrected chi connectivity index (χ2v) is 4.64. The Kier molecular flexibility index (Phi) is 3.31. The molecule has 20 heavy (non-hydrogen) atoms. The van der Waals surface area contributed by atoms with Crippen LogP contribution < -0.4 is 0 Å². The zero-order valence-corrected chi connectivity index (χ0v) is 11.0. The normalized spacial score (nSPS) is 12.3. The molecule has 0 aliphatic heterocycles. The maximum Gasteiger partial charge on any atom is 0.260 e. The van der Waals surface area contributed by atoms with Crippen LogP contribution in [0.1, 0.15) is 23.1 Å². The molecule has 1 heterocycles. The predicted molar refractivity (Wildman–Crippen MR) is 75.0 cm³/mol. The standard InChI is InChI=1S/C16H14N2O2/c1-11-6-5-9-13(10-11)15-17-16(20-18-15)14(19)12-7-3-2-4-8-12/h2-10,14,19H,1H3. The number of aryl methyl sites for hydroxylation is 1. The van der Waals surface area contributed by atoms with Gasteiger partial charge in [-0.15, -0.1) is 0 Å². The SMILES string of the molecule is Cc1cccc(-c2noc(C(O)c3ccccc3)n2)c1. The van der Waals surface area contributed by atoms with Gasteiger partial charge in [-0.1, -0.05) is 59.3 Å². The molecule has 0 bridgehead atoms. The van der Waals surface area contributed by atoms with Crippen LogP contribution in [0.25, 0.3) is 11.4 Å². The first kappa shape index (κ1) is 12.6. The summed E-state index contributed by atoms with van der Waals surface area (Å²) in [7, 11) is 0. The predicted octanol–water partition coefficient (Wildman–Crippen LogP) is 3.13. The second-order valence-electron chi connectivity index (χ2n) is 4.64. The van der Waals surface area contributed by atoms with Gasteiger partial charge in [-0.25, -0.2) is 0 Å². The highest BCUT2D eigenvalue weighted by Crippen LogP contribution is 2.23. The molecule has 3 aromatic rings. The average Bonchev–Trinajstić information content (AvgIpc) is 2.97. The molecule has 0 amide bonds. The van der Waals surface area contributed by atoms with Gasteiger partial charge in [0.1, 0.15) is 0 Å². The van der Waals surface area contributed by atoms with E-state index in [1.54, 1.807) is 0 Å². The quantitative estimate of drug-likeness (QED) is 0.791. The van der Waals surface area contributed by atoms with Crippen molar-refractivity contribution < 1.29 is 9.63 Å². The van der Waals surface area contributed by atoms with Crippen LogP contribution in [0.4, 0.5) is 0 Å². The molecule has 1 N–H and O–H groups in total. The highest BCUT2D eigenvalue weighted by molar-refractivity contribution is 5.55. The fourth-order valence-electron chi connectivity index (χ4n) is 2.03. The molecular weight excluding hydrogens is 252 g/mol. The van der Waals surface area contributed by atoms with Gasteiger partial charge < -0.3 is 9.63 Å². The minimum atomic E-state index is -0.901. The first-order valence-corrected chi connectivity index (χ1v) is 6.38. The van der Waals surface area contributed by atoms with Crippen molar-refractivity contribution in [2.24, 2.45) is 0 Å². The van der Waals surface area contributed by atoms with Crippen LogP contribution in [0.5, 0.6) is 0 Å². The molecule has 0 radical (unpaired) electrons. The molecule has 4 heteroatoms. The van der Waals surface area contributed by atoms with E-state index in [0.717, 1.165) is 16.7 Å². The van der Waals surface area contributed by atoms with E-state index in [9.17, 15) is 5.11 Å². The van der Waals surface area contributed by atoms with E-state index in [1.165, 1.54) is 0 Å². The Labute approximate surface area is 116 Å². The Bertz CT molecular complexity index is 707. The van der Waals surface area contributed by atoms with Gasteiger partial charge in [0.15, 0.2) is 6.10 Å². The molecular formula is C16H14N2O2. The van der Waals surface area contributed by atoms with Crippen molar-refractivity contribution in [2.45, 2.75) is 13.0 Å². The summed E-state index contributed by atoms with van der Waals surface area (Å²) in [6, 6.07) is 17.1. The van der Waals surface area contributed by atoms with Crippen molar-refractivity contribution in [2.75, 3.05) is 0 Å². The summed E-state index contributed by atoms with van der Waals surface area (Å²) in [6.45, 7) is 2.00. The van der Waals surface area contributed by atoms with Crippen molar-refractivity contribution in [1.82, 2.24) is 10.1 Å². The number of hydrogen-bond acceptors (Lipinski definition) is 4. The van der Waals surface area contributed by atoms with Crippen molar-refractivity contribution in [3.8, 4) is 11.4 Å². The van der Waals surface area contributed by atoms with Crippen molar-refractivity contribution in [3.05, 3.63) is 71.6 Å². The average molecular weight is 266 g/mol. The van der Waals surface area contributed by atoms with E-state index < -0.39 is 6.10 Å². The largest absolute Gasteiger partial charge is 0.378 e. The first-order valence-electron chi connectivity index (χ1n) is 6.38. The van der Waals surface area contributed by atoms with Crippen molar-refractivity contribution >= 4 is 0 Å². The van der Waals surface area contributed by atoms with Gasteiger partial charge in [0.2, 0.25) is 5.82 Å². The molecule has 3 rings (SSSR count). The Morgan fingerprint density at radius 2 is 1.85 bits per heavy atom. The fourth-order valence-corrected chi connectivity index (χ4v) is 2.03. The van der Waals surface area contributed by atoms with Crippen LogP contribution >= 0.6 is 0 Å². The molecule has 0 saturated heterocycles. The third-order valence-corrected chi connectivity index (χ3v) is 3.07. The Morgan fingerprint density at radius 1 is 1.05 bits per heavy atom. The monoisotopic (exact) mass is 266 g/mol. The molecule has 100 valence electrons. The summed E-state index contributed by atoms with van der Waals surface area (Å²) >= 11 is 0. The molecule has 0 spiro atoms. The number of aromatic nitrogens is 2. The second kappa shape index (κ2) is 5.27. The summed E-state index contributed by atoms with van der Waals surface area (Å²) in [6.07, 6.45) is -0.901. The van der Waals surface area contributed by atoms with E-state index in [2.05, 4.69) is 10.1 Å². The third-order valence-electron chi connectivity index (χ3n) is 3.07. The van der Waals surface area contributed by atoms with Crippen LogP contribution in [-0.2, 0) is 0 Å². The lowest BCUT2D eigenvalue weighted by Gasteiger charge is -2.04. The summed E-state index contributed by atoms with van der Waals surface area (Å²) in [5.74, 6) is 0.686. The number of nitrogens with zero attached hydrogens (tertiary/aromatic N) is 2. The van der Waals surface area contributed by atoms with Gasteiger partial charge in [0, 0.05) is 5.56 Å². The number of hydrogen-bond donors (Lipinski definition) is 1. The minimum Gasteiger partial charge on any atom is -0.378 e. The summed E-state index contributed by atoms with van der Waals surface area (Å²) in [5, 5.41) is 14.1. The number of rotatable bonds is 3. The van der Waals surface area contributed by atoms with Crippen LogP contribution in [0.2, 0.25) is 0 Å². The molecule has 0 aliphatic rings. The lowest BCUT2D eigenvalue weighted by molar-refractivity contribution is 0.170. The smallest absolute Gasteiger partial charge is 0.260 e. The van der Waals surface area contributed by atoms with Crippen molar-refractivity contribution in [3.63, 3.8) is 0 Å². The highest BCUT2D eigenvalue weighted by Gasteiger charge is 2.18. The highest BCUT2D eigenvalue weighted by atomic mass is 16.5. The van der Waals surface area contributed by atoms with E-state index in [4.69, 9.17) is 4.52 Å². The van der Waals surface area contributed by atoms with E-state index in [-0.39, 0.29) is 5.89 Å². The molecule has 0 aliphatic carbocycles. The van der Waals surface area contributed by atoms with Crippen LogP contribution in [0.3, 0.4) is 0 Å². The first-order chi connectivity index (χ1) is 9.74. The summed E-state index contributed by atoms with van der Waals surface area (Å²) in [5.41, 5.74) is 2.73. The third kappa shape index (κ3) is 2.46. The van der Waals surface area contributed by atoms with Crippen LogP contribution in [-0.4, -0.2) is 15.2 Å². The van der Waals surface area contributed by atoms with Crippen LogP contribution in [0, 0.1) is 6.92 Å². The zero-order valence-electron chi connectivity index (χ0n) is 11.0. The lowest BCUT2D eigenvalue weighted by Crippen LogP contribution is -1.99. The Balaban J connectivity index is 1.91. The fraction of sp³-hybridized carbons (Fsp3) is 0.125. The van der Waals surface area contributed by atoms with E-state index >= 15 is 0 Å². The molecule has 4 nitrogen and oxygen atoms in total.